The standard InChI is InChI=1S/C28H32FN3O5/c1-19(31-27(33)18-36-14-13-34-2)28(20-5-4-6-24(15-20)35-3)37-25-11-12-26(21(16-25)17-30)32-23-9-7-22(29)8-10-23/h4-12,15-17,19,28,30,32H,13-14,18H2,1-3H3,(H,31,33)/t19-,28-/m0/s1. The van der Waals surface area contributed by atoms with Gasteiger partial charge in [-0.25, -0.2) is 4.39 Å². The molecule has 0 aromatic heterocycles. The van der Waals surface area contributed by atoms with Gasteiger partial charge < -0.3 is 35.0 Å². The first-order valence-electron chi connectivity index (χ1n) is 11.8. The molecular formula is C28H32FN3O5. The van der Waals surface area contributed by atoms with Crippen LogP contribution in [0.4, 0.5) is 15.8 Å². The van der Waals surface area contributed by atoms with E-state index in [1.54, 1.807) is 44.6 Å². The fourth-order valence-electron chi connectivity index (χ4n) is 3.64. The van der Waals surface area contributed by atoms with Crippen molar-refractivity contribution in [3.63, 3.8) is 0 Å². The second-order valence-electron chi connectivity index (χ2n) is 8.24. The Hall–Kier alpha value is -3.95. The number of hydrogen-bond donors (Lipinski definition) is 3. The van der Waals surface area contributed by atoms with E-state index in [0.717, 1.165) is 5.56 Å². The predicted octanol–water partition coefficient (Wildman–Crippen LogP) is 4.86. The van der Waals surface area contributed by atoms with Crippen LogP contribution in [0.5, 0.6) is 11.5 Å². The minimum Gasteiger partial charge on any atom is -0.497 e. The summed E-state index contributed by atoms with van der Waals surface area (Å²) in [6, 6.07) is 18.3. The lowest BCUT2D eigenvalue weighted by molar-refractivity contribution is -0.127. The Kier molecular flexibility index (Phi) is 10.4. The summed E-state index contributed by atoms with van der Waals surface area (Å²) in [7, 11) is 3.15. The third-order valence-electron chi connectivity index (χ3n) is 5.49. The van der Waals surface area contributed by atoms with Crippen LogP contribution in [-0.2, 0) is 14.3 Å². The molecule has 196 valence electrons. The summed E-state index contributed by atoms with van der Waals surface area (Å²) in [6.45, 7) is 2.47. The van der Waals surface area contributed by atoms with Gasteiger partial charge in [-0.2, -0.15) is 0 Å². The number of ether oxygens (including phenoxy) is 4. The van der Waals surface area contributed by atoms with Crippen LogP contribution >= 0.6 is 0 Å². The summed E-state index contributed by atoms with van der Waals surface area (Å²) in [5, 5.41) is 14.0. The van der Waals surface area contributed by atoms with Crippen molar-refractivity contribution in [1.82, 2.24) is 5.32 Å². The highest BCUT2D eigenvalue weighted by molar-refractivity contribution is 5.88. The van der Waals surface area contributed by atoms with E-state index in [4.69, 9.17) is 24.4 Å². The molecule has 0 aliphatic heterocycles. The number of benzene rings is 3. The third-order valence-corrected chi connectivity index (χ3v) is 5.49. The number of anilines is 2. The van der Waals surface area contributed by atoms with Crippen LogP contribution in [0.3, 0.4) is 0 Å². The maximum absolute atomic E-state index is 13.2. The van der Waals surface area contributed by atoms with Crippen molar-refractivity contribution in [2.75, 3.05) is 39.4 Å². The van der Waals surface area contributed by atoms with E-state index in [0.29, 0.717) is 41.7 Å². The summed E-state index contributed by atoms with van der Waals surface area (Å²) >= 11 is 0. The van der Waals surface area contributed by atoms with Gasteiger partial charge in [0.1, 0.15) is 30.0 Å². The second-order valence-corrected chi connectivity index (χ2v) is 8.24. The van der Waals surface area contributed by atoms with Crippen molar-refractivity contribution in [1.29, 1.82) is 5.41 Å². The molecule has 0 saturated carbocycles. The highest BCUT2D eigenvalue weighted by Crippen LogP contribution is 2.30. The van der Waals surface area contributed by atoms with E-state index in [1.807, 2.05) is 31.2 Å². The number of halogens is 1. The SMILES string of the molecule is COCCOCC(=O)N[C@@H](C)[C@H](Oc1ccc(Nc2ccc(F)cc2)c(C=N)c1)c1cccc(OC)c1. The molecule has 3 aromatic carbocycles. The van der Waals surface area contributed by atoms with Gasteiger partial charge in [0.25, 0.3) is 0 Å². The van der Waals surface area contributed by atoms with Crippen LogP contribution in [-0.4, -0.2) is 52.2 Å². The Morgan fingerprint density at radius 2 is 1.81 bits per heavy atom. The zero-order valence-electron chi connectivity index (χ0n) is 21.1. The van der Waals surface area contributed by atoms with E-state index in [-0.39, 0.29) is 18.3 Å². The van der Waals surface area contributed by atoms with E-state index >= 15 is 0 Å². The molecule has 0 unspecified atom stereocenters. The normalized spacial score (nSPS) is 12.3. The first-order valence-corrected chi connectivity index (χ1v) is 11.8. The van der Waals surface area contributed by atoms with Gasteiger partial charge in [0.15, 0.2) is 0 Å². The maximum atomic E-state index is 13.2. The van der Waals surface area contributed by atoms with Gasteiger partial charge in [-0.1, -0.05) is 12.1 Å². The largest absolute Gasteiger partial charge is 0.497 e. The van der Waals surface area contributed by atoms with Crippen molar-refractivity contribution >= 4 is 23.5 Å². The minimum absolute atomic E-state index is 0.0970. The monoisotopic (exact) mass is 509 g/mol. The summed E-state index contributed by atoms with van der Waals surface area (Å²) in [6.07, 6.45) is 0.648. The predicted molar refractivity (Wildman–Crippen MR) is 141 cm³/mol. The van der Waals surface area contributed by atoms with E-state index in [9.17, 15) is 9.18 Å². The van der Waals surface area contributed by atoms with Crippen molar-refractivity contribution in [3.05, 3.63) is 83.7 Å². The third kappa shape index (κ3) is 8.30. The van der Waals surface area contributed by atoms with Gasteiger partial charge in [0.05, 0.1) is 26.4 Å². The number of rotatable bonds is 14. The molecule has 0 bridgehead atoms. The van der Waals surface area contributed by atoms with Crippen molar-refractivity contribution in [3.8, 4) is 11.5 Å². The molecule has 37 heavy (non-hydrogen) atoms. The van der Waals surface area contributed by atoms with E-state index in [1.165, 1.54) is 18.3 Å². The van der Waals surface area contributed by atoms with Gasteiger partial charge in [-0.3, -0.25) is 4.79 Å². The van der Waals surface area contributed by atoms with E-state index < -0.39 is 12.1 Å². The number of carbonyl (C=O) groups is 1. The first kappa shape index (κ1) is 27.6. The highest BCUT2D eigenvalue weighted by Gasteiger charge is 2.24. The van der Waals surface area contributed by atoms with Crippen LogP contribution in [0.15, 0.2) is 66.7 Å². The number of methoxy groups -OCH3 is 2. The maximum Gasteiger partial charge on any atom is 0.246 e. The molecule has 3 N–H and O–H groups in total. The van der Waals surface area contributed by atoms with Gasteiger partial charge in [0.2, 0.25) is 5.91 Å². The summed E-state index contributed by atoms with van der Waals surface area (Å²) < 4.78 is 35.2. The topological polar surface area (TPSA) is 102 Å². The van der Waals surface area contributed by atoms with Crippen LogP contribution in [0.2, 0.25) is 0 Å². The van der Waals surface area contributed by atoms with Gasteiger partial charge in [-0.05, 0) is 67.1 Å². The lowest BCUT2D eigenvalue weighted by atomic mass is 10.0. The van der Waals surface area contributed by atoms with Gasteiger partial charge in [0, 0.05) is 30.3 Å². The van der Waals surface area contributed by atoms with Gasteiger partial charge in [-0.15, -0.1) is 0 Å². The molecular weight excluding hydrogens is 477 g/mol. The quantitative estimate of drug-likeness (QED) is 0.212. The molecule has 0 heterocycles. The van der Waals surface area contributed by atoms with Crippen LogP contribution in [0, 0.1) is 11.2 Å². The molecule has 9 heteroatoms. The van der Waals surface area contributed by atoms with Crippen LogP contribution < -0.4 is 20.1 Å². The molecule has 0 radical (unpaired) electrons. The molecule has 2 atom stereocenters. The van der Waals surface area contributed by atoms with Crippen molar-refractivity contribution in [2.24, 2.45) is 0 Å². The Morgan fingerprint density at radius 3 is 2.51 bits per heavy atom. The van der Waals surface area contributed by atoms with Crippen LogP contribution in [0.1, 0.15) is 24.2 Å². The summed E-state index contributed by atoms with van der Waals surface area (Å²) in [5.41, 5.74) is 2.74. The van der Waals surface area contributed by atoms with Crippen LogP contribution in [0.25, 0.3) is 0 Å². The molecule has 0 saturated heterocycles. The number of amides is 1. The molecule has 0 aliphatic rings. The molecule has 0 aliphatic carbocycles. The Bertz CT molecular complexity index is 1170. The summed E-state index contributed by atoms with van der Waals surface area (Å²) in [4.78, 5) is 12.4. The zero-order chi connectivity index (χ0) is 26.6. The Labute approximate surface area is 216 Å². The molecule has 8 nitrogen and oxygen atoms in total. The average molecular weight is 510 g/mol. The Balaban J connectivity index is 1.80. The zero-order valence-corrected chi connectivity index (χ0v) is 21.1. The average Bonchev–Trinajstić information content (AvgIpc) is 2.91. The molecule has 0 spiro atoms. The molecule has 1 amide bonds. The van der Waals surface area contributed by atoms with Crippen molar-refractivity contribution < 1.29 is 28.1 Å². The fraction of sp³-hybridized carbons (Fsp3) is 0.286. The van der Waals surface area contributed by atoms with E-state index in [2.05, 4.69) is 10.6 Å². The number of hydrogen-bond acceptors (Lipinski definition) is 7. The van der Waals surface area contributed by atoms with Crippen molar-refractivity contribution in [2.45, 2.75) is 19.1 Å². The molecule has 0 fully saturated rings. The molecule has 3 rings (SSSR count). The number of carbonyl (C=O) groups excluding carboxylic acids is 1. The lowest BCUT2D eigenvalue weighted by Gasteiger charge is -2.27. The molecule has 3 aromatic rings. The first-order chi connectivity index (χ1) is 17.9. The fourth-order valence-corrected chi connectivity index (χ4v) is 3.64. The highest BCUT2D eigenvalue weighted by atomic mass is 19.1. The number of nitrogens with one attached hydrogen (secondary N) is 3. The minimum atomic E-state index is -0.562. The summed E-state index contributed by atoms with van der Waals surface area (Å²) in [5.74, 6) is 0.562. The Morgan fingerprint density at radius 1 is 1.03 bits per heavy atom. The smallest absolute Gasteiger partial charge is 0.246 e. The second kappa shape index (κ2) is 14.0. The lowest BCUT2D eigenvalue weighted by Crippen LogP contribution is -2.41. The van der Waals surface area contributed by atoms with Gasteiger partial charge >= 0.3 is 0 Å².